The second-order valence-corrected chi connectivity index (χ2v) is 3.95. The summed E-state index contributed by atoms with van der Waals surface area (Å²) in [5, 5.41) is 19.4. The lowest BCUT2D eigenvalue weighted by atomic mass is 10.2. The highest BCUT2D eigenvalue weighted by molar-refractivity contribution is 5.95. The predicted molar refractivity (Wildman–Crippen MR) is 67.0 cm³/mol. The Hall–Kier alpha value is -2.64. The first-order chi connectivity index (χ1) is 9.32. The van der Waals surface area contributed by atoms with Crippen molar-refractivity contribution in [3.8, 4) is 0 Å². The van der Waals surface area contributed by atoms with Crippen LogP contribution in [0.5, 0.6) is 0 Å². The monoisotopic (exact) mass is 284 g/mol. The van der Waals surface area contributed by atoms with E-state index < -0.39 is 36.2 Å². The van der Waals surface area contributed by atoms with Gasteiger partial charge in [-0.15, -0.1) is 0 Å². The van der Waals surface area contributed by atoms with E-state index in [1.54, 1.807) is 0 Å². The van der Waals surface area contributed by atoms with Crippen LogP contribution in [0.3, 0.4) is 0 Å². The number of rotatable bonds is 5. The standard InChI is InChI=1S/C12H13FN2O5/c1-15(9-5-3-2-4-7(9)13)12(20)14-8(11(18)19)6-10(16)17/h2-5,8H,6H2,1H3,(H,14,20)(H,16,17)(H,18,19)/t8-/m1/s1. The highest BCUT2D eigenvalue weighted by Gasteiger charge is 2.25. The van der Waals surface area contributed by atoms with E-state index in [1.165, 1.54) is 25.2 Å². The van der Waals surface area contributed by atoms with Crippen LogP contribution in [0.2, 0.25) is 0 Å². The van der Waals surface area contributed by atoms with Crippen LogP contribution in [0.4, 0.5) is 14.9 Å². The van der Waals surface area contributed by atoms with Gasteiger partial charge in [0.15, 0.2) is 0 Å². The molecule has 0 aliphatic rings. The highest BCUT2D eigenvalue weighted by atomic mass is 19.1. The summed E-state index contributed by atoms with van der Waals surface area (Å²) < 4.78 is 13.5. The lowest BCUT2D eigenvalue weighted by molar-refractivity contribution is -0.145. The van der Waals surface area contributed by atoms with Crippen LogP contribution in [-0.4, -0.2) is 41.3 Å². The molecule has 1 aromatic carbocycles. The van der Waals surface area contributed by atoms with E-state index >= 15 is 0 Å². The Bertz CT molecular complexity index is 534. The summed E-state index contributed by atoms with van der Waals surface area (Å²) in [5.74, 6) is -3.51. The largest absolute Gasteiger partial charge is 0.481 e. The number of carbonyl (C=O) groups is 3. The molecule has 0 aliphatic heterocycles. The molecule has 0 spiro atoms. The van der Waals surface area contributed by atoms with Crippen molar-refractivity contribution >= 4 is 23.7 Å². The van der Waals surface area contributed by atoms with Crippen LogP contribution in [0.25, 0.3) is 0 Å². The van der Waals surface area contributed by atoms with Crippen molar-refractivity contribution in [1.29, 1.82) is 0 Å². The van der Waals surface area contributed by atoms with Gasteiger partial charge in [-0.2, -0.15) is 0 Å². The Morgan fingerprint density at radius 1 is 1.30 bits per heavy atom. The molecule has 0 aliphatic carbocycles. The number of halogens is 1. The zero-order chi connectivity index (χ0) is 15.3. The number of urea groups is 1. The van der Waals surface area contributed by atoms with Gasteiger partial charge in [0.05, 0.1) is 12.1 Å². The molecule has 8 heteroatoms. The Morgan fingerprint density at radius 3 is 2.40 bits per heavy atom. The summed E-state index contributed by atoms with van der Waals surface area (Å²) >= 11 is 0. The average molecular weight is 284 g/mol. The third-order valence-corrected chi connectivity index (χ3v) is 2.49. The predicted octanol–water partition coefficient (Wildman–Crippen LogP) is 0.899. The Labute approximate surface area is 113 Å². The third kappa shape index (κ3) is 3.94. The Morgan fingerprint density at radius 2 is 1.90 bits per heavy atom. The molecular formula is C12H13FN2O5. The molecule has 1 rings (SSSR count). The summed E-state index contributed by atoms with van der Waals surface area (Å²) in [6.07, 6.45) is -0.772. The number of benzene rings is 1. The van der Waals surface area contributed by atoms with Crippen molar-refractivity contribution in [2.24, 2.45) is 0 Å². The number of hydrogen-bond acceptors (Lipinski definition) is 3. The third-order valence-electron chi connectivity index (χ3n) is 2.49. The van der Waals surface area contributed by atoms with E-state index in [4.69, 9.17) is 10.2 Å². The van der Waals surface area contributed by atoms with Gasteiger partial charge in [-0.3, -0.25) is 9.69 Å². The molecule has 0 bridgehead atoms. The van der Waals surface area contributed by atoms with E-state index in [0.29, 0.717) is 0 Å². The van der Waals surface area contributed by atoms with Crippen molar-refractivity contribution in [2.75, 3.05) is 11.9 Å². The topological polar surface area (TPSA) is 107 Å². The first kappa shape index (κ1) is 15.4. The molecule has 0 radical (unpaired) electrons. The molecule has 0 aromatic heterocycles. The lowest BCUT2D eigenvalue weighted by Crippen LogP contribution is -2.47. The molecule has 108 valence electrons. The number of hydrogen-bond donors (Lipinski definition) is 3. The summed E-state index contributed by atoms with van der Waals surface area (Å²) in [7, 11) is 1.24. The number of carboxylic acids is 2. The molecule has 0 unspecified atom stereocenters. The Balaban J connectivity index is 2.81. The molecule has 20 heavy (non-hydrogen) atoms. The van der Waals surface area contributed by atoms with Crippen molar-refractivity contribution in [3.63, 3.8) is 0 Å². The molecule has 0 saturated carbocycles. The second kappa shape index (κ2) is 6.50. The first-order valence-corrected chi connectivity index (χ1v) is 5.56. The molecule has 0 saturated heterocycles. The van der Waals surface area contributed by atoms with Crippen LogP contribution in [-0.2, 0) is 9.59 Å². The van der Waals surface area contributed by atoms with Crippen molar-refractivity contribution in [3.05, 3.63) is 30.1 Å². The molecule has 2 amide bonds. The van der Waals surface area contributed by atoms with E-state index in [9.17, 15) is 18.8 Å². The molecule has 1 atom stereocenters. The number of amides is 2. The fourth-order valence-electron chi connectivity index (χ4n) is 1.45. The summed E-state index contributed by atoms with van der Waals surface area (Å²) in [5.41, 5.74) is -0.0514. The molecule has 7 nitrogen and oxygen atoms in total. The maximum atomic E-state index is 13.5. The van der Waals surface area contributed by atoms with Crippen molar-refractivity contribution in [2.45, 2.75) is 12.5 Å². The van der Waals surface area contributed by atoms with Gasteiger partial charge in [-0.1, -0.05) is 12.1 Å². The minimum Gasteiger partial charge on any atom is -0.481 e. The zero-order valence-electron chi connectivity index (χ0n) is 10.5. The maximum Gasteiger partial charge on any atom is 0.326 e. The number of anilines is 1. The van der Waals surface area contributed by atoms with Gasteiger partial charge in [0.1, 0.15) is 11.9 Å². The smallest absolute Gasteiger partial charge is 0.326 e. The number of carboxylic acid groups (broad SMARTS) is 2. The van der Waals surface area contributed by atoms with Gasteiger partial charge in [-0.05, 0) is 12.1 Å². The van der Waals surface area contributed by atoms with Crippen LogP contribution in [0.15, 0.2) is 24.3 Å². The summed E-state index contributed by atoms with van der Waals surface area (Å²) in [6, 6.07) is 2.92. The molecule has 1 aromatic rings. The van der Waals surface area contributed by atoms with E-state index in [1.807, 2.05) is 5.32 Å². The van der Waals surface area contributed by atoms with Crippen LogP contribution in [0.1, 0.15) is 6.42 Å². The Kier molecular flexibility index (Phi) is 5.01. The van der Waals surface area contributed by atoms with E-state index in [-0.39, 0.29) is 5.69 Å². The van der Waals surface area contributed by atoms with E-state index in [0.717, 1.165) is 11.0 Å². The van der Waals surface area contributed by atoms with Gasteiger partial charge in [0.25, 0.3) is 0 Å². The average Bonchev–Trinajstić information content (AvgIpc) is 2.37. The highest BCUT2D eigenvalue weighted by Crippen LogP contribution is 2.17. The minimum absolute atomic E-state index is 0.0514. The fraction of sp³-hybridized carbons (Fsp3) is 0.250. The molecule has 0 heterocycles. The van der Waals surface area contributed by atoms with Gasteiger partial charge in [0.2, 0.25) is 0 Å². The summed E-state index contributed by atoms with van der Waals surface area (Å²) in [4.78, 5) is 34.0. The molecule has 0 fully saturated rings. The van der Waals surface area contributed by atoms with Crippen molar-refractivity contribution in [1.82, 2.24) is 5.32 Å². The molecular weight excluding hydrogens is 271 g/mol. The van der Waals surface area contributed by atoms with Gasteiger partial charge in [0, 0.05) is 7.05 Å². The SMILES string of the molecule is CN(C(=O)N[C@H](CC(=O)O)C(=O)O)c1ccccc1F. The number of carbonyl (C=O) groups excluding carboxylic acids is 1. The number of nitrogens with zero attached hydrogens (tertiary/aromatic N) is 1. The first-order valence-electron chi connectivity index (χ1n) is 5.56. The van der Waals surface area contributed by atoms with E-state index in [2.05, 4.69) is 0 Å². The maximum absolute atomic E-state index is 13.5. The second-order valence-electron chi connectivity index (χ2n) is 3.95. The minimum atomic E-state index is -1.59. The quantitative estimate of drug-likeness (QED) is 0.744. The summed E-state index contributed by atoms with van der Waals surface area (Å²) in [6.45, 7) is 0. The number of aliphatic carboxylic acids is 2. The normalized spacial score (nSPS) is 11.5. The van der Waals surface area contributed by atoms with Crippen molar-refractivity contribution < 1.29 is 29.0 Å². The zero-order valence-corrected chi connectivity index (χ0v) is 10.5. The van der Waals surface area contributed by atoms with Crippen LogP contribution >= 0.6 is 0 Å². The number of nitrogens with one attached hydrogen (secondary N) is 1. The van der Waals surface area contributed by atoms with Crippen LogP contribution < -0.4 is 10.2 Å². The van der Waals surface area contributed by atoms with Gasteiger partial charge < -0.3 is 15.5 Å². The number of para-hydroxylation sites is 1. The lowest BCUT2D eigenvalue weighted by Gasteiger charge is -2.21. The van der Waals surface area contributed by atoms with Gasteiger partial charge >= 0.3 is 18.0 Å². The van der Waals surface area contributed by atoms with Gasteiger partial charge in [-0.25, -0.2) is 14.0 Å². The fourth-order valence-corrected chi connectivity index (χ4v) is 1.45. The van der Waals surface area contributed by atoms with Crippen LogP contribution in [0, 0.1) is 5.82 Å². The molecule has 3 N–H and O–H groups in total.